The Morgan fingerprint density at radius 1 is 0.851 bits per heavy atom. The Bertz CT molecular complexity index is 2230. The van der Waals surface area contributed by atoms with E-state index < -0.39 is 65.2 Å². The lowest BCUT2D eigenvalue weighted by atomic mass is 9.92. The zero-order valence-electron chi connectivity index (χ0n) is 43.6. The van der Waals surface area contributed by atoms with E-state index in [4.69, 9.17) is 54.3 Å². The number of ether oxygens (including phenoxy) is 8. The summed E-state index contributed by atoms with van der Waals surface area (Å²) in [5.74, 6) is -4.10. The SMILES string of the molecule is COc1ccc(C[C@H]2NC(=O)/C=C/C[C@@H]([C@H](C)[C@H]3O[C@@H]3c3ccc(CN(C)CCOCCOCCOCCOCCC(=O)ON4C(=O)CCC4=O)cc3)OC(=O)[C@H](CC(C)C)OC(=O)C(C)(C)CNC2=O)cc1Cl. The van der Waals surface area contributed by atoms with Crippen molar-refractivity contribution in [2.24, 2.45) is 17.3 Å². The van der Waals surface area contributed by atoms with E-state index in [9.17, 15) is 33.6 Å². The van der Waals surface area contributed by atoms with E-state index in [-0.39, 0.29) is 82.3 Å². The van der Waals surface area contributed by atoms with Crippen molar-refractivity contribution in [1.29, 1.82) is 0 Å². The molecule has 3 aliphatic rings. The normalized spacial score (nSPS) is 22.5. The molecule has 2 fully saturated rings. The number of hydrogen-bond acceptors (Lipinski definition) is 17. The molecule has 0 bridgehead atoms. The van der Waals surface area contributed by atoms with Gasteiger partial charge >= 0.3 is 17.9 Å². The maximum atomic E-state index is 13.9. The zero-order chi connectivity index (χ0) is 53.8. The lowest BCUT2D eigenvalue weighted by molar-refractivity contribution is -0.198. The third-order valence-corrected chi connectivity index (χ3v) is 12.7. The van der Waals surface area contributed by atoms with Crippen LogP contribution in [0.25, 0.3) is 0 Å². The number of cyclic esters (lactones) is 2. The molecule has 4 amide bonds. The number of esters is 2. The number of carbonyl (C=O) groups is 7. The predicted octanol–water partition coefficient (Wildman–Crippen LogP) is 4.62. The second kappa shape index (κ2) is 29.6. The fourth-order valence-electron chi connectivity index (χ4n) is 7.97. The zero-order valence-corrected chi connectivity index (χ0v) is 44.3. The van der Waals surface area contributed by atoms with Gasteiger partial charge in [0.2, 0.25) is 11.8 Å². The first-order chi connectivity index (χ1) is 35.3. The smallest absolute Gasteiger partial charge is 0.347 e. The Hall–Kier alpha value is -5.48. The fraction of sp³-hybridized carbons (Fsp3) is 0.604. The number of hydroxylamine groups is 2. The number of benzene rings is 2. The van der Waals surface area contributed by atoms with Gasteiger partial charge in [-0.2, -0.15) is 0 Å². The number of halogens is 1. The minimum atomic E-state index is -1.24. The number of carbonyl (C=O) groups excluding carboxylic acids is 7. The summed E-state index contributed by atoms with van der Waals surface area (Å²) in [5, 5.41) is 6.43. The van der Waals surface area contributed by atoms with Crippen LogP contribution in [0.5, 0.6) is 5.75 Å². The Balaban J connectivity index is 1.05. The van der Waals surface area contributed by atoms with Gasteiger partial charge in [-0.15, -0.1) is 5.06 Å². The minimum Gasteiger partial charge on any atom is -0.495 e. The molecule has 2 aromatic carbocycles. The molecule has 5 rings (SSSR count). The van der Waals surface area contributed by atoms with Gasteiger partial charge in [0, 0.05) is 51.2 Å². The van der Waals surface area contributed by atoms with Crippen molar-refractivity contribution in [3.8, 4) is 5.75 Å². The van der Waals surface area contributed by atoms with Crippen LogP contribution in [0, 0.1) is 17.3 Å². The van der Waals surface area contributed by atoms with Crippen LogP contribution in [0.3, 0.4) is 0 Å². The number of amides is 4. The summed E-state index contributed by atoms with van der Waals surface area (Å²) >= 11 is 6.38. The lowest BCUT2D eigenvalue weighted by Gasteiger charge is -2.29. The van der Waals surface area contributed by atoms with Crippen LogP contribution in [0.2, 0.25) is 5.02 Å². The molecule has 2 N–H and O–H groups in total. The number of imide groups is 1. The van der Waals surface area contributed by atoms with Crippen LogP contribution in [0.1, 0.15) is 89.5 Å². The number of nitrogens with one attached hydrogen (secondary N) is 2. The monoisotopic (exact) mass is 1060 g/mol. The highest BCUT2D eigenvalue weighted by molar-refractivity contribution is 6.32. The van der Waals surface area contributed by atoms with Crippen molar-refractivity contribution in [2.45, 2.75) is 110 Å². The molecule has 21 heteroatoms. The molecule has 0 radical (unpaired) electrons. The molecule has 2 saturated heterocycles. The average molecular weight is 1060 g/mol. The largest absolute Gasteiger partial charge is 0.495 e. The highest BCUT2D eigenvalue weighted by Gasteiger charge is 2.48. The number of likely N-dealkylation sites (N-methyl/N-ethyl adjacent to an activating group) is 1. The molecule has 20 nitrogen and oxygen atoms in total. The number of hydrogen-bond donors (Lipinski definition) is 2. The molecule has 6 atom stereocenters. The number of methoxy groups -OCH3 is 1. The summed E-state index contributed by atoms with van der Waals surface area (Å²) in [4.78, 5) is 96.3. The maximum absolute atomic E-state index is 13.9. The van der Waals surface area contributed by atoms with E-state index in [2.05, 4.69) is 27.7 Å². The van der Waals surface area contributed by atoms with Crippen LogP contribution in [-0.4, -0.2) is 156 Å². The van der Waals surface area contributed by atoms with Crippen molar-refractivity contribution in [2.75, 3.05) is 80.1 Å². The first-order valence-corrected chi connectivity index (χ1v) is 25.5. The van der Waals surface area contributed by atoms with E-state index in [1.807, 2.05) is 40.0 Å². The Kier molecular flexibility index (Phi) is 23.7. The molecule has 0 spiro atoms. The van der Waals surface area contributed by atoms with Crippen molar-refractivity contribution in [1.82, 2.24) is 20.6 Å². The molecule has 2 aromatic rings. The molecule has 74 heavy (non-hydrogen) atoms. The van der Waals surface area contributed by atoms with Crippen LogP contribution >= 0.6 is 11.6 Å². The van der Waals surface area contributed by atoms with Crippen molar-refractivity contribution < 1.29 is 76.3 Å². The van der Waals surface area contributed by atoms with E-state index in [1.165, 1.54) is 13.2 Å². The standard InChI is InChI=1S/C53H73ClN4O16/c1-34(2)29-43-51(64)71-41(9-8-10-44(59)56-40(31-37-13-16-42(66-7)39(54)30-37)50(63)55-33-53(4,5)52(65)72-43)35(3)48-49(73-48)38-14-11-36(12-15-38)32-57(6)20-22-68-24-26-70-28-27-69-25-23-67-21-19-47(62)74-58-45(60)17-18-46(58)61/h8,10-16,30,34-35,40-41,43,48-49H,9,17-29,31-33H2,1-7H3,(H,55,63)(H,56,59)/b10-8+/t35-,40+,41-,43-,48+,49+/m0/s1. The van der Waals surface area contributed by atoms with E-state index in [0.29, 0.717) is 74.1 Å². The molecule has 0 aliphatic carbocycles. The van der Waals surface area contributed by atoms with Gasteiger partial charge in [0.15, 0.2) is 6.10 Å². The van der Waals surface area contributed by atoms with Gasteiger partial charge < -0.3 is 53.4 Å². The van der Waals surface area contributed by atoms with Gasteiger partial charge in [0.1, 0.15) is 24.0 Å². The van der Waals surface area contributed by atoms with Gasteiger partial charge in [-0.1, -0.05) is 68.8 Å². The lowest BCUT2D eigenvalue weighted by Crippen LogP contribution is -2.51. The predicted molar refractivity (Wildman–Crippen MR) is 268 cm³/mol. The summed E-state index contributed by atoms with van der Waals surface area (Å²) in [7, 11) is 3.51. The van der Waals surface area contributed by atoms with E-state index in [1.54, 1.807) is 38.1 Å². The van der Waals surface area contributed by atoms with Gasteiger partial charge in [0.25, 0.3) is 11.8 Å². The number of rotatable bonds is 26. The molecule has 0 saturated carbocycles. The quantitative estimate of drug-likeness (QED) is 0.0566. The second-order valence-corrected chi connectivity index (χ2v) is 20.0. The Morgan fingerprint density at radius 3 is 2.09 bits per heavy atom. The number of epoxide rings is 1. The van der Waals surface area contributed by atoms with Crippen LogP contribution < -0.4 is 15.4 Å². The van der Waals surface area contributed by atoms with Crippen LogP contribution in [0.4, 0.5) is 0 Å². The average Bonchev–Trinajstić information content (AvgIpc) is 4.10. The van der Waals surface area contributed by atoms with Crippen molar-refractivity contribution >= 4 is 53.1 Å². The molecular formula is C53H73ClN4O16. The summed E-state index contributed by atoms with van der Waals surface area (Å²) in [6, 6.07) is 12.2. The third kappa shape index (κ3) is 19.3. The van der Waals surface area contributed by atoms with Crippen LogP contribution in [0.15, 0.2) is 54.6 Å². The summed E-state index contributed by atoms with van der Waals surface area (Å²) < 4.78 is 45.6. The highest BCUT2D eigenvalue weighted by Crippen LogP contribution is 2.45. The summed E-state index contributed by atoms with van der Waals surface area (Å²) in [5.41, 5.74) is 1.50. The third-order valence-electron chi connectivity index (χ3n) is 12.4. The molecule has 3 aliphatic heterocycles. The Labute approximate surface area is 438 Å². The van der Waals surface area contributed by atoms with E-state index in [0.717, 1.165) is 11.1 Å². The summed E-state index contributed by atoms with van der Waals surface area (Å²) in [6.45, 7) is 13.0. The van der Waals surface area contributed by atoms with Crippen molar-refractivity contribution in [3.05, 3.63) is 76.3 Å². The molecule has 0 unspecified atom stereocenters. The van der Waals surface area contributed by atoms with Gasteiger partial charge in [-0.05, 0) is 68.1 Å². The molecule has 408 valence electrons. The molecule has 3 heterocycles. The number of nitrogens with zero attached hydrogens (tertiary/aromatic N) is 2. The van der Waals surface area contributed by atoms with Gasteiger partial charge in [-0.25, -0.2) is 9.59 Å². The summed E-state index contributed by atoms with van der Waals surface area (Å²) in [6.07, 6.45) is 0.839. The van der Waals surface area contributed by atoms with Crippen molar-refractivity contribution in [3.63, 3.8) is 0 Å². The maximum Gasteiger partial charge on any atom is 0.347 e. The fourth-order valence-corrected chi connectivity index (χ4v) is 8.25. The minimum absolute atomic E-state index is 0.0235. The van der Waals surface area contributed by atoms with E-state index >= 15 is 0 Å². The van der Waals surface area contributed by atoms with Crippen LogP contribution in [-0.2, 0) is 84.5 Å². The first kappa shape index (κ1) is 59.4. The first-order valence-electron chi connectivity index (χ1n) is 25.1. The second-order valence-electron chi connectivity index (χ2n) is 19.6. The van der Waals surface area contributed by atoms with Gasteiger partial charge in [-0.3, -0.25) is 28.9 Å². The van der Waals surface area contributed by atoms with Gasteiger partial charge in [0.05, 0.1) is 82.9 Å². The highest BCUT2D eigenvalue weighted by atomic mass is 35.5. The molecular weight excluding hydrogens is 984 g/mol. The Morgan fingerprint density at radius 2 is 1.47 bits per heavy atom. The molecule has 0 aromatic heterocycles. The topological polar surface area (TPSA) is 236 Å².